The molecule has 2 fully saturated rings. The minimum absolute atomic E-state index is 0.00879. The average Bonchev–Trinajstić information content (AvgIpc) is 3.56. The van der Waals surface area contributed by atoms with E-state index in [4.69, 9.17) is 9.57 Å². The van der Waals surface area contributed by atoms with Crippen molar-refractivity contribution in [2.75, 3.05) is 18.5 Å². The quantitative estimate of drug-likeness (QED) is 0.348. The zero-order chi connectivity index (χ0) is 24.1. The number of nitrogens with zero attached hydrogens (tertiary/aromatic N) is 2. The molecule has 12 heteroatoms. The van der Waals surface area contributed by atoms with Crippen molar-refractivity contribution in [3.63, 3.8) is 0 Å². The zero-order valence-electron chi connectivity index (χ0n) is 18.8. The van der Waals surface area contributed by atoms with Gasteiger partial charge in [0.2, 0.25) is 10.0 Å². The van der Waals surface area contributed by atoms with E-state index in [9.17, 15) is 18.3 Å². The SMILES string of the molecule is Cc1cnc(NC(=O)C(=NO[C@@H]2CC[C@@H](O)C2)c2ccc(S(=O)(=O)NC[C@H]3CCCO3)cc2)s1. The maximum absolute atomic E-state index is 13.0. The minimum atomic E-state index is -3.73. The number of aliphatic hydroxyl groups is 1. The molecule has 0 radical (unpaired) electrons. The molecule has 1 aliphatic heterocycles. The van der Waals surface area contributed by atoms with E-state index in [1.54, 1.807) is 6.20 Å². The van der Waals surface area contributed by atoms with Gasteiger partial charge in [-0.25, -0.2) is 18.1 Å². The van der Waals surface area contributed by atoms with Crippen LogP contribution < -0.4 is 10.0 Å². The summed E-state index contributed by atoms with van der Waals surface area (Å²) in [5.74, 6) is -0.528. The van der Waals surface area contributed by atoms with Gasteiger partial charge in [-0.1, -0.05) is 17.3 Å². The van der Waals surface area contributed by atoms with Crippen molar-refractivity contribution < 1.29 is 27.9 Å². The standard InChI is InChI=1S/C22H28N4O6S2/c1-14-12-23-22(33-14)25-21(28)20(26-32-17-7-6-16(27)11-17)15-4-8-19(9-5-15)34(29,30)24-13-18-3-2-10-31-18/h4-5,8-9,12,16-18,24,27H,2-3,6-7,10-11,13H2,1H3,(H,23,25,28)/t16-,17-,18-/m1/s1. The van der Waals surface area contributed by atoms with E-state index in [0.717, 1.165) is 17.7 Å². The second kappa shape index (κ2) is 10.9. The van der Waals surface area contributed by atoms with Crippen molar-refractivity contribution in [3.8, 4) is 0 Å². The first-order chi connectivity index (χ1) is 16.3. The summed E-state index contributed by atoms with van der Waals surface area (Å²) in [4.78, 5) is 23.7. The molecule has 1 aromatic heterocycles. The molecule has 1 amide bonds. The lowest BCUT2D eigenvalue weighted by Gasteiger charge is -2.13. The summed E-state index contributed by atoms with van der Waals surface area (Å²) >= 11 is 1.32. The number of carbonyl (C=O) groups is 1. The van der Waals surface area contributed by atoms with Crippen LogP contribution >= 0.6 is 11.3 Å². The number of aliphatic hydroxyl groups excluding tert-OH is 1. The van der Waals surface area contributed by atoms with Gasteiger partial charge < -0.3 is 14.7 Å². The Kier molecular flexibility index (Phi) is 7.94. The number of anilines is 1. The highest BCUT2D eigenvalue weighted by atomic mass is 32.2. The molecular weight excluding hydrogens is 480 g/mol. The van der Waals surface area contributed by atoms with Gasteiger partial charge in [-0.05, 0) is 44.7 Å². The van der Waals surface area contributed by atoms with E-state index in [0.29, 0.717) is 36.6 Å². The number of ether oxygens (including phenoxy) is 1. The number of aryl methyl sites for hydroxylation is 1. The first-order valence-electron chi connectivity index (χ1n) is 11.2. The Balaban J connectivity index is 1.50. The monoisotopic (exact) mass is 508 g/mol. The number of oxime groups is 1. The lowest BCUT2D eigenvalue weighted by Crippen LogP contribution is -2.31. The number of aromatic nitrogens is 1. The highest BCUT2D eigenvalue weighted by molar-refractivity contribution is 7.89. The number of nitrogens with one attached hydrogen (secondary N) is 2. The van der Waals surface area contributed by atoms with Crippen LogP contribution in [-0.2, 0) is 24.4 Å². The fourth-order valence-electron chi connectivity index (χ4n) is 3.82. The van der Waals surface area contributed by atoms with Crippen molar-refractivity contribution >= 4 is 38.1 Å². The van der Waals surface area contributed by atoms with Gasteiger partial charge in [0.05, 0.1) is 17.1 Å². The van der Waals surface area contributed by atoms with Crippen LogP contribution in [0.3, 0.4) is 0 Å². The van der Waals surface area contributed by atoms with Crippen LogP contribution in [0.2, 0.25) is 0 Å². The van der Waals surface area contributed by atoms with Crippen LogP contribution in [0, 0.1) is 6.92 Å². The Labute approximate surface area is 202 Å². The van der Waals surface area contributed by atoms with Crippen LogP contribution in [0.5, 0.6) is 0 Å². The maximum Gasteiger partial charge on any atom is 0.280 e. The van der Waals surface area contributed by atoms with Crippen LogP contribution in [0.1, 0.15) is 42.5 Å². The number of thiazole rings is 1. The molecule has 3 atom stereocenters. The van der Waals surface area contributed by atoms with Crippen molar-refractivity contribution in [2.24, 2.45) is 5.16 Å². The molecule has 0 spiro atoms. The topological polar surface area (TPSA) is 139 Å². The largest absolute Gasteiger partial charge is 0.393 e. The van der Waals surface area contributed by atoms with Gasteiger partial charge in [0, 0.05) is 36.2 Å². The molecule has 2 aliphatic rings. The molecule has 0 bridgehead atoms. The third-order valence-corrected chi connectivity index (χ3v) is 7.94. The molecule has 4 rings (SSSR count). The second-order valence-corrected chi connectivity index (χ2v) is 11.4. The van der Waals surface area contributed by atoms with Crippen LogP contribution in [-0.4, -0.2) is 61.6 Å². The van der Waals surface area contributed by atoms with E-state index in [-0.39, 0.29) is 29.4 Å². The molecule has 10 nitrogen and oxygen atoms in total. The molecule has 2 heterocycles. The zero-order valence-corrected chi connectivity index (χ0v) is 20.4. The highest BCUT2D eigenvalue weighted by Crippen LogP contribution is 2.23. The predicted octanol–water partition coefficient (Wildman–Crippen LogP) is 2.18. The predicted molar refractivity (Wildman–Crippen MR) is 127 cm³/mol. The molecule has 34 heavy (non-hydrogen) atoms. The summed E-state index contributed by atoms with van der Waals surface area (Å²) in [6.07, 6.45) is 4.25. The number of hydrogen-bond acceptors (Lipinski definition) is 9. The van der Waals surface area contributed by atoms with Gasteiger partial charge in [-0.3, -0.25) is 10.1 Å². The Morgan fingerprint density at radius 3 is 2.71 bits per heavy atom. The first-order valence-corrected chi connectivity index (χ1v) is 13.5. The molecular formula is C22H28N4O6S2. The van der Waals surface area contributed by atoms with Crippen molar-refractivity contribution in [1.82, 2.24) is 9.71 Å². The lowest BCUT2D eigenvalue weighted by molar-refractivity contribution is -0.110. The molecule has 1 saturated heterocycles. The third-order valence-electron chi connectivity index (χ3n) is 5.67. The van der Waals surface area contributed by atoms with Crippen molar-refractivity contribution in [2.45, 2.75) is 62.2 Å². The van der Waals surface area contributed by atoms with Gasteiger partial charge >= 0.3 is 0 Å². The molecule has 184 valence electrons. The summed E-state index contributed by atoms with van der Waals surface area (Å²) in [6, 6.07) is 5.86. The number of hydrogen-bond donors (Lipinski definition) is 3. The molecule has 1 aromatic carbocycles. The van der Waals surface area contributed by atoms with Crippen LogP contribution in [0.15, 0.2) is 40.5 Å². The summed E-state index contributed by atoms with van der Waals surface area (Å²) in [5, 5.41) is 16.9. The first kappa shape index (κ1) is 24.7. The van der Waals surface area contributed by atoms with E-state index in [1.807, 2.05) is 6.92 Å². The van der Waals surface area contributed by atoms with E-state index in [2.05, 4.69) is 20.2 Å². The Hall–Kier alpha value is -2.38. The maximum atomic E-state index is 13.0. The minimum Gasteiger partial charge on any atom is -0.393 e. The number of benzene rings is 1. The van der Waals surface area contributed by atoms with Gasteiger partial charge in [-0.15, -0.1) is 11.3 Å². The Morgan fingerprint density at radius 2 is 2.09 bits per heavy atom. The van der Waals surface area contributed by atoms with Gasteiger partial charge in [0.15, 0.2) is 10.8 Å². The second-order valence-electron chi connectivity index (χ2n) is 8.38. The van der Waals surface area contributed by atoms with Gasteiger partial charge in [0.1, 0.15) is 6.10 Å². The normalized spacial score (nSPS) is 23.2. The van der Waals surface area contributed by atoms with Crippen LogP contribution in [0.4, 0.5) is 5.13 Å². The lowest BCUT2D eigenvalue weighted by atomic mass is 10.1. The summed E-state index contributed by atoms with van der Waals surface area (Å²) in [7, 11) is -3.73. The van der Waals surface area contributed by atoms with Gasteiger partial charge in [-0.2, -0.15) is 0 Å². The van der Waals surface area contributed by atoms with Crippen molar-refractivity contribution in [3.05, 3.63) is 40.9 Å². The van der Waals surface area contributed by atoms with E-state index < -0.39 is 22.0 Å². The van der Waals surface area contributed by atoms with Crippen molar-refractivity contribution in [1.29, 1.82) is 0 Å². The fraction of sp³-hybridized carbons (Fsp3) is 0.500. The molecule has 1 saturated carbocycles. The Bertz CT molecular complexity index is 1130. The van der Waals surface area contributed by atoms with Crippen LogP contribution in [0.25, 0.3) is 0 Å². The highest BCUT2D eigenvalue weighted by Gasteiger charge is 2.26. The molecule has 3 N–H and O–H groups in total. The summed E-state index contributed by atoms with van der Waals surface area (Å²) < 4.78 is 33.3. The molecule has 0 unspecified atom stereocenters. The fourth-order valence-corrected chi connectivity index (χ4v) is 5.54. The average molecular weight is 509 g/mol. The summed E-state index contributed by atoms with van der Waals surface area (Å²) in [6.45, 7) is 2.74. The molecule has 2 aromatic rings. The summed E-state index contributed by atoms with van der Waals surface area (Å²) in [5.41, 5.74) is 0.382. The smallest absolute Gasteiger partial charge is 0.280 e. The van der Waals surface area contributed by atoms with E-state index in [1.165, 1.54) is 35.6 Å². The number of sulfonamides is 1. The van der Waals surface area contributed by atoms with Gasteiger partial charge in [0.25, 0.3) is 5.91 Å². The Morgan fingerprint density at radius 1 is 1.29 bits per heavy atom. The number of amides is 1. The van der Waals surface area contributed by atoms with E-state index >= 15 is 0 Å². The molecule has 1 aliphatic carbocycles. The third kappa shape index (κ3) is 6.39. The number of carbonyl (C=O) groups excluding carboxylic acids is 1. The number of rotatable bonds is 9.